The minimum atomic E-state index is -1.61. The van der Waals surface area contributed by atoms with E-state index < -0.39 is 16.6 Å². The highest BCUT2D eigenvalue weighted by molar-refractivity contribution is 7.41. The SMILES string of the molecule is CCCC(CCC)(O[Si](C)(C)C)PC(CCC)(CCC)O[Si](C)(C)C. The van der Waals surface area contributed by atoms with Gasteiger partial charge in [-0.05, 0) is 65.0 Å². The lowest BCUT2D eigenvalue weighted by molar-refractivity contribution is 0.0944. The Morgan fingerprint density at radius 1 is 0.560 bits per heavy atom. The van der Waals surface area contributed by atoms with Crippen LogP contribution in [0.5, 0.6) is 0 Å². The lowest BCUT2D eigenvalue weighted by Gasteiger charge is -2.48. The maximum absolute atomic E-state index is 6.96. The number of rotatable bonds is 14. The molecule has 0 aromatic carbocycles. The van der Waals surface area contributed by atoms with E-state index in [2.05, 4.69) is 67.0 Å². The van der Waals surface area contributed by atoms with Crippen LogP contribution in [0.15, 0.2) is 0 Å². The zero-order chi connectivity index (χ0) is 19.8. The van der Waals surface area contributed by atoms with Crippen LogP contribution in [0.25, 0.3) is 0 Å². The molecular formula is C20H47O2PSi2. The fourth-order valence-corrected chi connectivity index (χ4v) is 11.3. The molecule has 0 bridgehead atoms. The Kier molecular flexibility index (Phi) is 11.3. The predicted octanol–water partition coefficient (Wildman–Crippen LogP) is 7.96. The van der Waals surface area contributed by atoms with Crippen LogP contribution in [0.1, 0.15) is 79.1 Å². The van der Waals surface area contributed by atoms with E-state index in [9.17, 15) is 0 Å². The molecule has 0 saturated carbocycles. The Bertz CT molecular complexity index is 316. The summed E-state index contributed by atoms with van der Waals surface area (Å²) in [6.07, 6.45) is 9.47. The highest BCUT2D eigenvalue weighted by Crippen LogP contribution is 2.55. The second kappa shape index (κ2) is 10.9. The van der Waals surface area contributed by atoms with Crippen LogP contribution in [0.3, 0.4) is 0 Å². The Balaban J connectivity index is 5.89. The number of hydrogen-bond donors (Lipinski definition) is 0. The first-order valence-corrected chi connectivity index (χ1v) is 18.4. The third kappa shape index (κ3) is 10.6. The molecule has 0 aliphatic heterocycles. The molecule has 0 atom stereocenters. The summed E-state index contributed by atoms with van der Waals surface area (Å²) >= 11 is 0. The highest BCUT2D eigenvalue weighted by Gasteiger charge is 2.44. The second-order valence-corrected chi connectivity index (χ2v) is 20.5. The van der Waals surface area contributed by atoms with Crippen LogP contribution in [-0.4, -0.2) is 27.3 Å². The summed E-state index contributed by atoms with van der Waals surface area (Å²) in [5, 5.41) is 0.0515. The van der Waals surface area contributed by atoms with Crippen LogP contribution in [0.2, 0.25) is 39.3 Å². The Labute approximate surface area is 163 Å². The van der Waals surface area contributed by atoms with Crippen LogP contribution in [-0.2, 0) is 8.85 Å². The molecular weight excluding hydrogens is 359 g/mol. The van der Waals surface area contributed by atoms with Crippen molar-refractivity contribution >= 4 is 25.2 Å². The van der Waals surface area contributed by atoms with E-state index in [1.807, 2.05) is 0 Å². The average Bonchev–Trinajstić information content (AvgIpc) is 2.35. The molecule has 2 nitrogen and oxygen atoms in total. The Morgan fingerprint density at radius 3 is 0.960 bits per heavy atom. The normalized spacial score (nSPS) is 14.2. The van der Waals surface area contributed by atoms with Gasteiger partial charge in [0.05, 0.1) is 10.7 Å². The van der Waals surface area contributed by atoms with Gasteiger partial charge in [0, 0.05) is 0 Å². The quantitative estimate of drug-likeness (QED) is 0.215. The number of hydrogen-bond acceptors (Lipinski definition) is 2. The van der Waals surface area contributed by atoms with E-state index in [-0.39, 0.29) is 10.7 Å². The van der Waals surface area contributed by atoms with Crippen molar-refractivity contribution in [1.29, 1.82) is 0 Å². The molecule has 0 N–H and O–H groups in total. The van der Waals surface area contributed by atoms with E-state index >= 15 is 0 Å². The van der Waals surface area contributed by atoms with Crippen molar-refractivity contribution in [3.05, 3.63) is 0 Å². The summed E-state index contributed by atoms with van der Waals surface area (Å²) in [7, 11) is -2.46. The standard InChI is InChI=1S/C20H47O2PSi2/c1-11-15-19(16-12-2,21-24(5,6)7)23-20(17-13-3,18-14-4)22-25(8,9)10/h23H,11-18H2,1-10H3. The van der Waals surface area contributed by atoms with Crippen LogP contribution in [0, 0.1) is 0 Å². The van der Waals surface area contributed by atoms with Crippen molar-refractivity contribution in [1.82, 2.24) is 0 Å². The predicted molar refractivity (Wildman–Crippen MR) is 122 cm³/mol. The molecule has 0 amide bonds. The van der Waals surface area contributed by atoms with Gasteiger partial charge in [0.25, 0.3) is 0 Å². The zero-order valence-corrected chi connectivity index (χ0v) is 22.0. The van der Waals surface area contributed by atoms with Gasteiger partial charge in [0.15, 0.2) is 16.6 Å². The fraction of sp³-hybridized carbons (Fsp3) is 1.00. The zero-order valence-electron chi connectivity index (χ0n) is 19.0. The molecule has 0 saturated heterocycles. The third-order valence-corrected chi connectivity index (χ3v) is 8.60. The van der Waals surface area contributed by atoms with Crippen molar-refractivity contribution in [3.8, 4) is 0 Å². The molecule has 0 spiro atoms. The van der Waals surface area contributed by atoms with Gasteiger partial charge in [-0.1, -0.05) is 62.0 Å². The molecule has 25 heavy (non-hydrogen) atoms. The maximum atomic E-state index is 6.96. The summed E-state index contributed by atoms with van der Waals surface area (Å²) in [5.74, 6) is 0. The lowest BCUT2D eigenvalue weighted by Crippen LogP contribution is -2.46. The lowest BCUT2D eigenvalue weighted by atomic mass is 10.1. The maximum Gasteiger partial charge on any atom is 0.184 e. The minimum absolute atomic E-state index is 0.0258. The van der Waals surface area contributed by atoms with Gasteiger partial charge in [-0.15, -0.1) is 0 Å². The summed E-state index contributed by atoms with van der Waals surface area (Å²) in [6, 6.07) is 0. The van der Waals surface area contributed by atoms with Gasteiger partial charge in [-0.2, -0.15) is 0 Å². The molecule has 5 heteroatoms. The Hall–Kier alpha value is 0.784. The van der Waals surface area contributed by atoms with Gasteiger partial charge < -0.3 is 8.85 Å². The molecule has 0 aromatic rings. The van der Waals surface area contributed by atoms with Crippen molar-refractivity contribution in [2.45, 2.75) is 129 Å². The van der Waals surface area contributed by atoms with Crippen molar-refractivity contribution in [2.24, 2.45) is 0 Å². The van der Waals surface area contributed by atoms with E-state index in [4.69, 9.17) is 8.85 Å². The first-order chi connectivity index (χ1) is 11.4. The van der Waals surface area contributed by atoms with Gasteiger partial charge >= 0.3 is 0 Å². The molecule has 0 unspecified atom stereocenters. The summed E-state index contributed by atoms with van der Waals surface area (Å²) in [4.78, 5) is 0. The van der Waals surface area contributed by atoms with E-state index in [1.165, 1.54) is 51.4 Å². The monoisotopic (exact) mass is 406 g/mol. The largest absolute Gasteiger partial charge is 0.409 e. The molecule has 152 valence electrons. The summed E-state index contributed by atoms with van der Waals surface area (Å²) < 4.78 is 13.9. The highest BCUT2D eigenvalue weighted by atomic mass is 31.1. The van der Waals surface area contributed by atoms with Gasteiger partial charge in [0.1, 0.15) is 0 Å². The molecule has 0 heterocycles. The molecule has 0 fully saturated rings. The summed E-state index contributed by atoms with van der Waals surface area (Å²) in [5.41, 5.74) is 0. The van der Waals surface area contributed by atoms with Crippen molar-refractivity contribution in [2.75, 3.05) is 0 Å². The third-order valence-electron chi connectivity index (χ3n) is 4.07. The van der Waals surface area contributed by atoms with Crippen molar-refractivity contribution < 1.29 is 8.85 Å². The Morgan fingerprint density at radius 2 is 0.800 bits per heavy atom. The second-order valence-electron chi connectivity index (χ2n) is 9.54. The first-order valence-electron chi connectivity index (χ1n) is 10.6. The topological polar surface area (TPSA) is 18.5 Å². The molecule has 0 radical (unpaired) electrons. The molecule has 0 aromatic heterocycles. The van der Waals surface area contributed by atoms with E-state index in [0.717, 1.165) is 8.58 Å². The first kappa shape index (κ1) is 25.8. The average molecular weight is 407 g/mol. The molecule has 0 aliphatic carbocycles. The van der Waals surface area contributed by atoms with Crippen LogP contribution < -0.4 is 0 Å². The van der Waals surface area contributed by atoms with E-state index in [0.29, 0.717) is 0 Å². The van der Waals surface area contributed by atoms with E-state index in [1.54, 1.807) is 0 Å². The van der Waals surface area contributed by atoms with Gasteiger partial charge in [0.2, 0.25) is 0 Å². The van der Waals surface area contributed by atoms with Crippen LogP contribution >= 0.6 is 8.58 Å². The van der Waals surface area contributed by atoms with Gasteiger partial charge in [-0.3, -0.25) is 0 Å². The van der Waals surface area contributed by atoms with Crippen molar-refractivity contribution in [3.63, 3.8) is 0 Å². The molecule has 0 aliphatic rings. The summed E-state index contributed by atoms with van der Waals surface area (Å²) in [6.45, 7) is 23.3. The smallest absolute Gasteiger partial charge is 0.184 e. The molecule has 0 rings (SSSR count). The van der Waals surface area contributed by atoms with Gasteiger partial charge in [-0.25, -0.2) is 0 Å². The fourth-order valence-electron chi connectivity index (χ4n) is 3.96. The minimum Gasteiger partial charge on any atom is -0.409 e. The van der Waals surface area contributed by atoms with Crippen LogP contribution in [0.4, 0.5) is 0 Å².